The van der Waals surface area contributed by atoms with Crippen molar-refractivity contribution in [2.24, 2.45) is 17.8 Å². The molecule has 5 aromatic rings. The summed E-state index contributed by atoms with van der Waals surface area (Å²) in [6.07, 6.45) is 10.5. The number of carbonyl (C=O) groups excluding carboxylic acids is 1. The zero-order valence-corrected chi connectivity index (χ0v) is 26.5. The van der Waals surface area contributed by atoms with Crippen LogP contribution in [0.15, 0.2) is 59.9 Å². The largest absolute Gasteiger partial charge is 0.466 e. The summed E-state index contributed by atoms with van der Waals surface area (Å²) in [5.74, 6) is 0.667. The molecule has 1 aromatic carbocycles. The summed E-state index contributed by atoms with van der Waals surface area (Å²) in [6.45, 7) is 4.04. The van der Waals surface area contributed by atoms with Crippen LogP contribution < -0.4 is 5.32 Å². The number of esters is 1. The fourth-order valence-corrected chi connectivity index (χ4v) is 8.94. The molecular formula is C34H35FN6O4S. The first-order valence-corrected chi connectivity index (χ1v) is 17.5. The second-order valence-corrected chi connectivity index (χ2v) is 14.7. The maximum absolute atomic E-state index is 14.7. The highest BCUT2D eigenvalue weighted by atomic mass is 32.2. The third-order valence-electron chi connectivity index (χ3n) is 10.0. The molecule has 0 saturated heterocycles. The molecule has 46 heavy (non-hydrogen) atoms. The van der Waals surface area contributed by atoms with Gasteiger partial charge in [-0.15, -0.1) is 5.10 Å². The molecule has 0 radical (unpaired) electrons. The smallest absolute Gasteiger partial charge is 0.311 e. The Hall–Kier alpha value is -4.32. The molecule has 2 atom stereocenters. The van der Waals surface area contributed by atoms with Crippen molar-refractivity contribution in [2.75, 3.05) is 11.9 Å². The quantitative estimate of drug-likeness (QED) is 0.202. The molecule has 1 N–H and O–H groups in total. The van der Waals surface area contributed by atoms with E-state index in [1.165, 1.54) is 12.3 Å². The summed E-state index contributed by atoms with van der Waals surface area (Å²) in [6, 6.07) is 9.70. The number of benzene rings is 1. The van der Waals surface area contributed by atoms with Crippen LogP contribution in [-0.2, 0) is 19.6 Å². The zero-order chi connectivity index (χ0) is 31.7. The number of halogens is 1. The fraction of sp³-hybridized carbons (Fsp3) is 0.412. The number of aromatic nitrogens is 5. The van der Waals surface area contributed by atoms with Crippen LogP contribution in [0.2, 0.25) is 0 Å². The lowest BCUT2D eigenvalue weighted by Crippen LogP contribution is -2.52. The maximum atomic E-state index is 14.7. The van der Waals surface area contributed by atoms with E-state index in [0.29, 0.717) is 23.9 Å². The summed E-state index contributed by atoms with van der Waals surface area (Å²) in [4.78, 5) is 22.6. The lowest BCUT2D eigenvalue weighted by Gasteiger charge is -2.47. The highest BCUT2D eigenvalue weighted by Crippen LogP contribution is 2.48. The van der Waals surface area contributed by atoms with Gasteiger partial charge in [0.05, 0.1) is 23.6 Å². The number of hydrogen-bond acceptors (Lipinski definition) is 8. The summed E-state index contributed by atoms with van der Waals surface area (Å²) in [7, 11) is -4.08. The average Bonchev–Trinajstić information content (AvgIpc) is 3.68. The first-order valence-electron chi connectivity index (χ1n) is 16.0. The van der Waals surface area contributed by atoms with Gasteiger partial charge < -0.3 is 10.1 Å². The van der Waals surface area contributed by atoms with E-state index < -0.39 is 15.8 Å². The van der Waals surface area contributed by atoms with Gasteiger partial charge in [-0.2, -0.15) is 0 Å². The number of ether oxygens (including phenoxy) is 1. The van der Waals surface area contributed by atoms with Crippen LogP contribution in [0.3, 0.4) is 0 Å². The van der Waals surface area contributed by atoms with Crippen LogP contribution in [0.5, 0.6) is 0 Å². The van der Waals surface area contributed by atoms with Crippen molar-refractivity contribution in [1.82, 2.24) is 23.6 Å². The highest BCUT2D eigenvalue weighted by Gasteiger charge is 2.48. The predicted molar refractivity (Wildman–Crippen MR) is 170 cm³/mol. The zero-order valence-electron chi connectivity index (χ0n) is 25.7. The van der Waals surface area contributed by atoms with Crippen molar-refractivity contribution in [3.63, 3.8) is 0 Å². The Morgan fingerprint density at radius 1 is 1.07 bits per heavy atom. The van der Waals surface area contributed by atoms with Gasteiger partial charge in [0, 0.05) is 29.4 Å². The summed E-state index contributed by atoms with van der Waals surface area (Å²) < 4.78 is 50.8. The molecule has 238 valence electrons. The molecular weight excluding hydrogens is 607 g/mol. The molecule has 2 bridgehead atoms. The number of fused-ring (bicyclic) bond motifs is 5. The second-order valence-electron chi connectivity index (χ2n) is 12.9. The molecule has 0 unspecified atom stereocenters. The van der Waals surface area contributed by atoms with Gasteiger partial charge in [0.15, 0.2) is 17.3 Å². The Kier molecular flexibility index (Phi) is 6.89. The molecule has 4 aromatic heterocycles. The fourth-order valence-electron chi connectivity index (χ4n) is 7.62. The number of rotatable bonds is 8. The topological polar surface area (TPSA) is 120 Å². The molecule has 9 rings (SSSR count). The normalized spacial score (nSPS) is 22.8. The van der Waals surface area contributed by atoms with Gasteiger partial charge in [-0.1, -0.05) is 17.7 Å². The molecule has 10 nitrogen and oxygen atoms in total. The molecule has 0 aliphatic heterocycles. The lowest BCUT2D eigenvalue weighted by atomic mass is 9.61. The molecule has 12 heteroatoms. The van der Waals surface area contributed by atoms with Crippen LogP contribution in [-0.4, -0.2) is 50.6 Å². The standard InChI is InChI=1S/C34H35FN6O4S/c1-3-45-34(42)28-21-8-10-22(11-9-21)29(28)37-32-30-25(20-6-7-20)14-15-40(30)39-31(38-32)27-18-41(33-26(27)16-23(35)17-36-33)46(43,44)24-12-4-19(2)5-13-24/h4-5,12-18,20-22,28-29H,3,6-11H2,1-2H3,(H,37,38,39)/t21-,22+,28-,29-/m0/s1. The number of carbonyl (C=O) groups is 1. The third-order valence-corrected chi connectivity index (χ3v) is 11.7. The van der Waals surface area contributed by atoms with E-state index in [1.54, 1.807) is 28.8 Å². The Morgan fingerprint density at radius 3 is 2.52 bits per heavy atom. The summed E-state index contributed by atoms with van der Waals surface area (Å²) in [5, 5.41) is 8.82. The first-order chi connectivity index (χ1) is 22.2. The van der Waals surface area contributed by atoms with Crippen LogP contribution >= 0.6 is 0 Å². The van der Waals surface area contributed by atoms with Crippen LogP contribution in [0.4, 0.5) is 10.2 Å². The molecule has 0 spiro atoms. The predicted octanol–water partition coefficient (Wildman–Crippen LogP) is 6.09. The SMILES string of the molecule is CCOC(=O)[C@H]1[C@H]2CC[C@H](CC2)[C@@H]1Nc1nc(-c2cn(S(=O)(=O)c3ccc(C)cc3)c3ncc(F)cc23)nn2ccc(C3CC3)c12. The van der Waals surface area contributed by atoms with Crippen molar-refractivity contribution >= 4 is 38.4 Å². The number of anilines is 1. The number of pyridine rings is 1. The minimum atomic E-state index is -4.08. The van der Waals surface area contributed by atoms with E-state index in [4.69, 9.17) is 14.8 Å². The van der Waals surface area contributed by atoms with Crippen molar-refractivity contribution in [1.29, 1.82) is 0 Å². The van der Waals surface area contributed by atoms with E-state index in [2.05, 4.69) is 16.4 Å². The van der Waals surface area contributed by atoms with Gasteiger partial charge in [-0.05, 0) is 100.0 Å². The van der Waals surface area contributed by atoms with E-state index in [-0.39, 0.29) is 51.5 Å². The molecule has 4 aliphatic carbocycles. The molecule has 4 saturated carbocycles. The van der Waals surface area contributed by atoms with E-state index in [0.717, 1.165) is 65.3 Å². The van der Waals surface area contributed by atoms with Gasteiger partial charge in [-0.3, -0.25) is 4.79 Å². The van der Waals surface area contributed by atoms with E-state index in [1.807, 2.05) is 20.0 Å². The van der Waals surface area contributed by atoms with Gasteiger partial charge in [0.2, 0.25) is 0 Å². The maximum Gasteiger partial charge on any atom is 0.311 e. The van der Waals surface area contributed by atoms with Crippen LogP contribution in [0, 0.1) is 30.5 Å². The van der Waals surface area contributed by atoms with Crippen molar-refractivity contribution in [2.45, 2.75) is 69.2 Å². The Balaban J connectivity index is 1.29. The Labute approximate surface area is 266 Å². The van der Waals surface area contributed by atoms with Crippen LogP contribution in [0.25, 0.3) is 27.9 Å². The lowest BCUT2D eigenvalue weighted by molar-refractivity contribution is -0.154. The molecule has 4 aliphatic rings. The van der Waals surface area contributed by atoms with E-state index in [9.17, 15) is 17.6 Å². The summed E-state index contributed by atoms with van der Waals surface area (Å²) >= 11 is 0. The van der Waals surface area contributed by atoms with Gasteiger partial charge in [-0.25, -0.2) is 31.3 Å². The van der Waals surface area contributed by atoms with Crippen molar-refractivity contribution < 1.29 is 22.3 Å². The molecule has 0 amide bonds. The van der Waals surface area contributed by atoms with E-state index >= 15 is 0 Å². The van der Waals surface area contributed by atoms with Gasteiger partial charge in [0.25, 0.3) is 10.0 Å². The first kappa shape index (κ1) is 29.1. The third kappa shape index (κ3) is 4.76. The Bertz CT molecular complexity index is 2100. The number of nitrogens with zero attached hydrogens (tertiary/aromatic N) is 5. The van der Waals surface area contributed by atoms with Gasteiger partial charge >= 0.3 is 5.97 Å². The number of hydrogen-bond donors (Lipinski definition) is 1. The highest BCUT2D eigenvalue weighted by molar-refractivity contribution is 7.90. The van der Waals surface area contributed by atoms with Gasteiger partial charge in [0.1, 0.15) is 11.3 Å². The minimum Gasteiger partial charge on any atom is -0.466 e. The van der Waals surface area contributed by atoms with Crippen LogP contribution in [0.1, 0.15) is 62.5 Å². The second kappa shape index (κ2) is 10.9. The number of nitrogens with one attached hydrogen (secondary N) is 1. The number of aryl methyl sites for hydroxylation is 1. The summed E-state index contributed by atoms with van der Waals surface area (Å²) in [5.41, 5.74) is 3.31. The minimum absolute atomic E-state index is 0.0772. The van der Waals surface area contributed by atoms with Crippen molar-refractivity contribution in [3.05, 3.63) is 71.9 Å². The monoisotopic (exact) mass is 642 g/mol. The van der Waals surface area contributed by atoms with Crippen molar-refractivity contribution in [3.8, 4) is 11.4 Å². The molecule has 4 heterocycles. The average molecular weight is 643 g/mol. The Morgan fingerprint density at radius 2 is 1.80 bits per heavy atom. The molecule has 4 fully saturated rings.